The summed E-state index contributed by atoms with van der Waals surface area (Å²) in [6.07, 6.45) is 3.40. The second-order valence-electron chi connectivity index (χ2n) is 8.50. The van der Waals surface area contributed by atoms with E-state index in [1.54, 1.807) is 12.5 Å². The van der Waals surface area contributed by atoms with Gasteiger partial charge < -0.3 is 4.42 Å². The zero-order chi connectivity index (χ0) is 23.2. The van der Waals surface area contributed by atoms with Crippen LogP contribution >= 0.6 is 0 Å². The zero-order valence-electron chi connectivity index (χ0n) is 18.7. The largest absolute Gasteiger partial charge is 0.436 e. The molecule has 0 fully saturated rings. The van der Waals surface area contributed by atoms with Crippen LogP contribution in [0.15, 0.2) is 120 Å². The molecule has 0 aliphatic rings. The molecule has 0 amide bonds. The molecule has 0 atom stereocenters. The molecule has 164 valence electrons. The summed E-state index contributed by atoms with van der Waals surface area (Å²) in [6, 6.07) is 35.4. The van der Waals surface area contributed by atoms with Crippen LogP contribution in [0.4, 0.5) is 0 Å². The number of aromatic nitrogens is 3. The number of hydrogen-bond donors (Lipinski definition) is 0. The predicted octanol–water partition coefficient (Wildman–Crippen LogP) is 7.93. The Morgan fingerprint density at radius 2 is 1.14 bits per heavy atom. The Morgan fingerprint density at radius 1 is 0.543 bits per heavy atom. The summed E-state index contributed by atoms with van der Waals surface area (Å²) in [6.45, 7) is 0. The number of benzene rings is 5. The van der Waals surface area contributed by atoms with E-state index in [1.807, 2.05) is 30.3 Å². The molecule has 35 heavy (non-hydrogen) atoms. The van der Waals surface area contributed by atoms with Gasteiger partial charge in [0.2, 0.25) is 5.89 Å². The van der Waals surface area contributed by atoms with Crippen LogP contribution in [0.1, 0.15) is 0 Å². The van der Waals surface area contributed by atoms with Gasteiger partial charge in [0.15, 0.2) is 5.58 Å². The second-order valence-corrected chi connectivity index (χ2v) is 8.50. The Bertz CT molecular complexity index is 1750. The SMILES string of the molecule is c1ccc2oc(-c3ccc(-c4c5ccccc5c(-c5ccncn5)c5ccccc45)cc3)nc2c1. The fourth-order valence-electron chi connectivity index (χ4n) is 4.93. The first-order chi connectivity index (χ1) is 17.4. The Labute approximate surface area is 201 Å². The Balaban J connectivity index is 1.46. The zero-order valence-corrected chi connectivity index (χ0v) is 18.7. The van der Waals surface area contributed by atoms with E-state index in [-0.39, 0.29) is 0 Å². The summed E-state index contributed by atoms with van der Waals surface area (Å²) in [4.78, 5) is 13.4. The van der Waals surface area contributed by atoms with Gasteiger partial charge in [-0.25, -0.2) is 15.0 Å². The Morgan fingerprint density at radius 3 is 1.77 bits per heavy atom. The van der Waals surface area contributed by atoms with E-state index in [0.29, 0.717) is 5.89 Å². The van der Waals surface area contributed by atoms with Crippen LogP contribution in [0.3, 0.4) is 0 Å². The van der Waals surface area contributed by atoms with Gasteiger partial charge in [0, 0.05) is 17.3 Å². The lowest BCUT2D eigenvalue weighted by molar-refractivity contribution is 0.620. The first-order valence-corrected chi connectivity index (χ1v) is 11.5. The van der Waals surface area contributed by atoms with E-state index in [2.05, 4.69) is 87.7 Å². The van der Waals surface area contributed by atoms with Gasteiger partial charge in [0.1, 0.15) is 11.8 Å². The van der Waals surface area contributed by atoms with Crippen LogP contribution in [0.25, 0.3) is 66.5 Å². The molecule has 0 unspecified atom stereocenters. The van der Waals surface area contributed by atoms with Crippen molar-refractivity contribution >= 4 is 32.6 Å². The number of oxazole rings is 1. The minimum Gasteiger partial charge on any atom is -0.436 e. The van der Waals surface area contributed by atoms with E-state index in [1.165, 1.54) is 27.1 Å². The highest BCUT2D eigenvalue weighted by Crippen LogP contribution is 2.43. The lowest BCUT2D eigenvalue weighted by Crippen LogP contribution is -1.92. The molecular weight excluding hydrogens is 430 g/mol. The molecular formula is C31H19N3O. The van der Waals surface area contributed by atoms with Crippen molar-refractivity contribution in [2.75, 3.05) is 0 Å². The summed E-state index contributed by atoms with van der Waals surface area (Å²) in [5.74, 6) is 0.631. The average Bonchev–Trinajstić information content (AvgIpc) is 3.37. The van der Waals surface area contributed by atoms with Crippen LogP contribution in [0.5, 0.6) is 0 Å². The molecule has 0 aliphatic carbocycles. The maximum atomic E-state index is 5.98. The number of nitrogens with zero attached hydrogens (tertiary/aromatic N) is 3. The smallest absolute Gasteiger partial charge is 0.227 e. The molecule has 2 aromatic heterocycles. The van der Waals surface area contributed by atoms with Crippen LogP contribution in [0, 0.1) is 0 Å². The Hall–Kier alpha value is -4.83. The summed E-state index contributed by atoms with van der Waals surface area (Å²) >= 11 is 0. The van der Waals surface area contributed by atoms with Crippen molar-refractivity contribution in [1.82, 2.24) is 15.0 Å². The Kier molecular flexibility index (Phi) is 4.42. The minimum atomic E-state index is 0.631. The molecule has 7 rings (SSSR count). The highest BCUT2D eigenvalue weighted by Gasteiger charge is 2.17. The van der Waals surface area contributed by atoms with E-state index in [4.69, 9.17) is 4.42 Å². The van der Waals surface area contributed by atoms with E-state index < -0.39 is 0 Å². The van der Waals surface area contributed by atoms with Gasteiger partial charge in [0.05, 0.1) is 5.69 Å². The topological polar surface area (TPSA) is 51.8 Å². The summed E-state index contributed by atoms with van der Waals surface area (Å²) in [5.41, 5.74) is 7.02. The van der Waals surface area contributed by atoms with Crippen LogP contribution in [-0.4, -0.2) is 15.0 Å². The monoisotopic (exact) mass is 449 g/mol. The van der Waals surface area contributed by atoms with Crippen molar-refractivity contribution in [2.45, 2.75) is 0 Å². The quantitative estimate of drug-likeness (QED) is 0.257. The molecule has 4 nitrogen and oxygen atoms in total. The van der Waals surface area contributed by atoms with Crippen molar-refractivity contribution in [2.24, 2.45) is 0 Å². The standard InChI is InChI=1S/C31H19N3O/c1-3-9-24-22(7-1)29(23-8-2-4-10-25(23)30(24)27-17-18-32-19-33-27)20-13-15-21(16-14-20)31-34-26-11-5-6-12-28(26)35-31/h1-19H. The van der Waals surface area contributed by atoms with Crippen molar-refractivity contribution in [1.29, 1.82) is 0 Å². The molecule has 0 aliphatic heterocycles. The van der Waals surface area contributed by atoms with Gasteiger partial charge in [-0.15, -0.1) is 0 Å². The fraction of sp³-hybridized carbons (Fsp3) is 0. The van der Waals surface area contributed by atoms with Crippen molar-refractivity contribution in [3.63, 3.8) is 0 Å². The van der Waals surface area contributed by atoms with Crippen molar-refractivity contribution in [3.05, 3.63) is 116 Å². The second kappa shape index (κ2) is 7.89. The maximum Gasteiger partial charge on any atom is 0.227 e. The lowest BCUT2D eigenvalue weighted by Gasteiger charge is -2.17. The molecule has 5 aromatic carbocycles. The van der Waals surface area contributed by atoms with Gasteiger partial charge >= 0.3 is 0 Å². The molecule has 0 bridgehead atoms. The summed E-state index contributed by atoms with van der Waals surface area (Å²) in [5, 5.41) is 4.72. The predicted molar refractivity (Wildman–Crippen MR) is 141 cm³/mol. The molecule has 0 saturated carbocycles. The summed E-state index contributed by atoms with van der Waals surface area (Å²) < 4.78 is 5.98. The molecule has 0 radical (unpaired) electrons. The third-order valence-electron chi connectivity index (χ3n) is 6.48. The van der Waals surface area contributed by atoms with E-state index >= 15 is 0 Å². The minimum absolute atomic E-state index is 0.631. The van der Waals surface area contributed by atoms with E-state index in [9.17, 15) is 0 Å². The molecule has 7 aromatic rings. The van der Waals surface area contributed by atoms with Gasteiger partial charge in [-0.2, -0.15) is 0 Å². The molecule has 4 heteroatoms. The molecule has 0 spiro atoms. The molecule has 0 N–H and O–H groups in total. The molecule has 2 heterocycles. The molecule has 0 saturated heterocycles. The highest BCUT2D eigenvalue weighted by atomic mass is 16.3. The normalized spacial score (nSPS) is 11.4. The number of hydrogen-bond acceptors (Lipinski definition) is 4. The van der Waals surface area contributed by atoms with Gasteiger partial charge in [-0.3, -0.25) is 0 Å². The van der Waals surface area contributed by atoms with Crippen LogP contribution in [-0.2, 0) is 0 Å². The number of fused-ring (bicyclic) bond motifs is 3. The third-order valence-corrected chi connectivity index (χ3v) is 6.48. The van der Waals surface area contributed by atoms with Crippen molar-refractivity contribution < 1.29 is 4.42 Å². The highest BCUT2D eigenvalue weighted by molar-refractivity contribution is 6.21. The van der Waals surface area contributed by atoms with E-state index in [0.717, 1.165) is 33.5 Å². The van der Waals surface area contributed by atoms with Gasteiger partial charge in [0.25, 0.3) is 0 Å². The van der Waals surface area contributed by atoms with Gasteiger partial charge in [-0.1, -0.05) is 72.8 Å². The van der Waals surface area contributed by atoms with Crippen molar-refractivity contribution in [3.8, 4) is 33.8 Å². The first kappa shape index (κ1) is 19.6. The maximum absolute atomic E-state index is 5.98. The average molecular weight is 450 g/mol. The fourth-order valence-corrected chi connectivity index (χ4v) is 4.93. The lowest BCUT2D eigenvalue weighted by atomic mass is 9.87. The summed E-state index contributed by atoms with van der Waals surface area (Å²) in [7, 11) is 0. The van der Waals surface area contributed by atoms with Crippen LogP contribution < -0.4 is 0 Å². The third kappa shape index (κ3) is 3.19. The number of rotatable bonds is 3. The van der Waals surface area contributed by atoms with Crippen LogP contribution in [0.2, 0.25) is 0 Å². The number of para-hydroxylation sites is 2. The van der Waals surface area contributed by atoms with Gasteiger partial charge in [-0.05, 0) is 63.0 Å². The first-order valence-electron chi connectivity index (χ1n) is 11.5.